The quantitative estimate of drug-likeness (QED) is 0.848. The van der Waals surface area contributed by atoms with Crippen LogP contribution in [0, 0.1) is 13.8 Å². The predicted octanol–water partition coefficient (Wildman–Crippen LogP) is 3.48. The van der Waals surface area contributed by atoms with Crippen molar-refractivity contribution >= 4 is 15.9 Å². The van der Waals surface area contributed by atoms with Crippen LogP contribution in [0.1, 0.15) is 11.1 Å². The zero-order chi connectivity index (χ0) is 12.6. The zero-order valence-corrected chi connectivity index (χ0v) is 12.0. The van der Waals surface area contributed by atoms with Gasteiger partial charge in [-0.05, 0) is 53.0 Å². The minimum Gasteiger partial charge on any atom is -0.496 e. The molecule has 0 fully saturated rings. The summed E-state index contributed by atoms with van der Waals surface area (Å²) in [7, 11) is 3.69. The Balaban J connectivity index is 2.65. The number of imidazole rings is 1. The fourth-order valence-corrected chi connectivity index (χ4v) is 2.55. The van der Waals surface area contributed by atoms with Gasteiger partial charge in [0.25, 0.3) is 0 Å². The third-order valence-electron chi connectivity index (χ3n) is 2.89. The van der Waals surface area contributed by atoms with Crippen LogP contribution >= 0.6 is 15.9 Å². The van der Waals surface area contributed by atoms with Crippen molar-refractivity contribution in [3.8, 4) is 17.0 Å². The number of nitrogens with zero attached hydrogens (tertiary/aromatic N) is 2. The van der Waals surface area contributed by atoms with Gasteiger partial charge in [0.05, 0.1) is 19.1 Å². The Kier molecular flexibility index (Phi) is 3.24. The Bertz CT molecular complexity index is 541. The fourth-order valence-electron chi connectivity index (χ4n) is 1.97. The highest BCUT2D eigenvalue weighted by Gasteiger charge is 2.13. The molecule has 0 aliphatic heterocycles. The van der Waals surface area contributed by atoms with E-state index in [9.17, 15) is 0 Å². The van der Waals surface area contributed by atoms with E-state index in [2.05, 4.69) is 40.0 Å². The second-order valence-electron chi connectivity index (χ2n) is 4.13. The first-order valence-electron chi connectivity index (χ1n) is 5.37. The minimum absolute atomic E-state index is 0.868. The maximum Gasteiger partial charge on any atom is 0.132 e. The van der Waals surface area contributed by atoms with Crippen molar-refractivity contribution in [2.45, 2.75) is 13.8 Å². The largest absolute Gasteiger partial charge is 0.496 e. The van der Waals surface area contributed by atoms with Crippen LogP contribution in [-0.2, 0) is 7.05 Å². The highest BCUT2D eigenvalue weighted by Crippen LogP contribution is 2.33. The molecule has 4 heteroatoms. The molecule has 0 amide bonds. The molecule has 0 aliphatic rings. The third kappa shape index (κ3) is 2.09. The van der Waals surface area contributed by atoms with Crippen LogP contribution in [0.25, 0.3) is 11.3 Å². The van der Waals surface area contributed by atoms with E-state index in [1.54, 1.807) is 13.4 Å². The summed E-state index contributed by atoms with van der Waals surface area (Å²) in [6.45, 7) is 4.13. The van der Waals surface area contributed by atoms with Gasteiger partial charge in [0.1, 0.15) is 10.4 Å². The van der Waals surface area contributed by atoms with Crippen molar-refractivity contribution in [2.24, 2.45) is 7.05 Å². The molecule has 2 rings (SSSR count). The second kappa shape index (κ2) is 4.53. The summed E-state index contributed by atoms with van der Waals surface area (Å²) in [5.74, 6) is 0.921. The summed E-state index contributed by atoms with van der Waals surface area (Å²) in [6, 6.07) is 4.19. The van der Waals surface area contributed by atoms with E-state index in [4.69, 9.17) is 4.74 Å². The van der Waals surface area contributed by atoms with Crippen molar-refractivity contribution < 1.29 is 4.74 Å². The Morgan fingerprint density at radius 3 is 2.47 bits per heavy atom. The summed E-state index contributed by atoms with van der Waals surface area (Å²) < 4.78 is 8.20. The van der Waals surface area contributed by atoms with E-state index < -0.39 is 0 Å². The summed E-state index contributed by atoms with van der Waals surface area (Å²) in [4.78, 5) is 4.25. The van der Waals surface area contributed by atoms with Gasteiger partial charge in [0.2, 0.25) is 0 Å². The van der Waals surface area contributed by atoms with Gasteiger partial charge in [-0.1, -0.05) is 0 Å². The number of aryl methyl sites for hydroxylation is 3. The van der Waals surface area contributed by atoms with E-state index in [1.807, 2.05) is 18.5 Å². The van der Waals surface area contributed by atoms with Gasteiger partial charge < -0.3 is 9.30 Å². The Labute approximate surface area is 110 Å². The van der Waals surface area contributed by atoms with Crippen LogP contribution in [0.4, 0.5) is 0 Å². The Hall–Kier alpha value is -1.29. The lowest BCUT2D eigenvalue weighted by Crippen LogP contribution is -1.95. The highest BCUT2D eigenvalue weighted by atomic mass is 79.9. The Morgan fingerprint density at radius 2 is 1.94 bits per heavy atom. The number of hydrogen-bond acceptors (Lipinski definition) is 2. The lowest BCUT2D eigenvalue weighted by Gasteiger charge is -2.12. The molecule has 0 spiro atoms. The first-order chi connectivity index (χ1) is 8.04. The van der Waals surface area contributed by atoms with E-state index in [0.717, 1.165) is 21.6 Å². The number of hydrogen-bond donors (Lipinski definition) is 0. The van der Waals surface area contributed by atoms with Gasteiger partial charge >= 0.3 is 0 Å². The smallest absolute Gasteiger partial charge is 0.132 e. The van der Waals surface area contributed by atoms with Gasteiger partial charge in [-0.25, -0.2) is 4.98 Å². The van der Waals surface area contributed by atoms with Crippen molar-refractivity contribution in [3.05, 3.63) is 34.2 Å². The predicted molar refractivity (Wildman–Crippen MR) is 72.4 cm³/mol. The zero-order valence-electron chi connectivity index (χ0n) is 10.4. The molecule has 0 aliphatic carbocycles. The highest BCUT2D eigenvalue weighted by molar-refractivity contribution is 9.10. The molecular weight excluding hydrogens is 280 g/mol. The maximum atomic E-state index is 5.32. The summed E-state index contributed by atoms with van der Waals surface area (Å²) in [5, 5.41) is 0. The Morgan fingerprint density at radius 1 is 1.24 bits per heavy atom. The molecule has 1 aromatic heterocycles. The van der Waals surface area contributed by atoms with Crippen LogP contribution < -0.4 is 4.74 Å². The SMILES string of the molecule is COc1cc(C)c(-c2c(Br)ncn2C)cc1C. The van der Waals surface area contributed by atoms with E-state index in [0.29, 0.717) is 0 Å². The van der Waals surface area contributed by atoms with E-state index in [1.165, 1.54) is 11.1 Å². The molecule has 17 heavy (non-hydrogen) atoms. The average molecular weight is 295 g/mol. The molecule has 2 aromatic rings. The third-order valence-corrected chi connectivity index (χ3v) is 3.47. The lowest BCUT2D eigenvalue weighted by atomic mass is 10.0. The molecule has 0 saturated heterocycles. The maximum absolute atomic E-state index is 5.32. The first-order valence-corrected chi connectivity index (χ1v) is 6.16. The van der Waals surface area contributed by atoms with Gasteiger partial charge in [0, 0.05) is 12.6 Å². The van der Waals surface area contributed by atoms with Crippen LogP contribution in [0.5, 0.6) is 5.75 Å². The summed E-state index contributed by atoms with van der Waals surface area (Å²) >= 11 is 3.48. The van der Waals surface area contributed by atoms with Crippen molar-refractivity contribution in [2.75, 3.05) is 7.11 Å². The van der Waals surface area contributed by atoms with Crippen LogP contribution in [-0.4, -0.2) is 16.7 Å². The molecule has 1 heterocycles. The van der Waals surface area contributed by atoms with Crippen molar-refractivity contribution in [1.82, 2.24) is 9.55 Å². The molecule has 0 atom stereocenters. The molecule has 90 valence electrons. The minimum atomic E-state index is 0.868. The van der Waals surface area contributed by atoms with Crippen LogP contribution in [0.2, 0.25) is 0 Å². The van der Waals surface area contributed by atoms with Crippen molar-refractivity contribution in [1.29, 1.82) is 0 Å². The number of halogens is 1. The van der Waals surface area contributed by atoms with Gasteiger partial charge in [-0.3, -0.25) is 0 Å². The standard InChI is InChI=1S/C13H15BrN2O/c1-8-6-11(17-4)9(2)5-10(8)12-13(14)15-7-16(12)3/h5-7H,1-4H3. The molecule has 0 bridgehead atoms. The van der Waals surface area contributed by atoms with Crippen molar-refractivity contribution in [3.63, 3.8) is 0 Å². The topological polar surface area (TPSA) is 27.1 Å². The summed E-state index contributed by atoms with van der Waals surface area (Å²) in [5.41, 5.74) is 4.57. The molecule has 0 saturated carbocycles. The molecule has 0 radical (unpaired) electrons. The van der Waals surface area contributed by atoms with Gasteiger partial charge in [0.15, 0.2) is 0 Å². The monoisotopic (exact) mass is 294 g/mol. The van der Waals surface area contributed by atoms with E-state index >= 15 is 0 Å². The normalized spacial score (nSPS) is 10.6. The first kappa shape index (κ1) is 12.2. The number of methoxy groups -OCH3 is 1. The fraction of sp³-hybridized carbons (Fsp3) is 0.308. The molecule has 1 aromatic carbocycles. The number of aromatic nitrogens is 2. The molecule has 3 nitrogen and oxygen atoms in total. The molecule has 0 unspecified atom stereocenters. The van der Waals surface area contributed by atoms with Gasteiger partial charge in [-0.15, -0.1) is 0 Å². The lowest BCUT2D eigenvalue weighted by molar-refractivity contribution is 0.411. The number of benzene rings is 1. The van der Waals surface area contributed by atoms with Crippen LogP contribution in [0.15, 0.2) is 23.1 Å². The number of ether oxygens (including phenoxy) is 1. The van der Waals surface area contributed by atoms with E-state index in [-0.39, 0.29) is 0 Å². The molecule has 0 N–H and O–H groups in total. The molecular formula is C13H15BrN2O. The van der Waals surface area contributed by atoms with Crippen LogP contribution in [0.3, 0.4) is 0 Å². The second-order valence-corrected chi connectivity index (χ2v) is 4.88. The average Bonchev–Trinajstić information content (AvgIpc) is 2.62. The number of rotatable bonds is 2. The summed E-state index contributed by atoms with van der Waals surface area (Å²) in [6.07, 6.45) is 1.80. The van der Waals surface area contributed by atoms with Gasteiger partial charge in [-0.2, -0.15) is 0 Å².